The second-order valence-electron chi connectivity index (χ2n) is 15.4. The van der Waals surface area contributed by atoms with Crippen molar-refractivity contribution in [3.63, 3.8) is 0 Å². The number of ether oxygens (including phenoxy) is 1. The van der Waals surface area contributed by atoms with Crippen LogP contribution >= 0.6 is 0 Å². The van der Waals surface area contributed by atoms with Gasteiger partial charge in [-0.15, -0.1) is 0 Å². The third-order valence-electron chi connectivity index (χ3n) is 13.9. The summed E-state index contributed by atoms with van der Waals surface area (Å²) in [6.07, 6.45) is 13.3. The molecule has 32 heavy (non-hydrogen) atoms. The summed E-state index contributed by atoms with van der Waals surface area (Å²) in [6, 6.07) is 0. The highest BCUT2D eigenvalue weighted by Gasteiger charge is 2.72. The Bertz CT molecular complexity index is 842. The second kappa shape index (κ2) is 6.24. The van der Waals surface area contributed by atoms with E-state index in [1.807, 2.05) is 0 Å². The molecule has 6 rings (SSSR count). The summed E-state index contributed by atoms with van der Waals surface area (Å²) in [4.78, 5) is 12.9. The molecule has 0 N–H and O–H groups in total. The normalized spacial score (nSPS) is 57.7. The Morgan fingerprint density at radius 1 is 0.750 bits per heavy atom. The molecule has 0 aromatic rings. The zero-order valence-corrected chi connectivity index (χ0v) is 22.0. The van der Waals surface area contributed by atoms with Gasteiger partial charge in [0.05, 0.1) is 12.7 Å². The van der Waals surface area contributed by atoms with Crippen LogP contribution in [0.2, 0.25) is 0 Å². The summed E-state index contributed by atoms with van der Waals surface area (Å²) in [6.45, 7) is 18.6. The van der Waals surface area contributed by atoms with Gasteiger partial charge >= 0.3 is 0 Å². The average Bonchev–Trinajstić information content (AvgIpc) is 3.05. The topological polar surface area (TPSA) is 26.3 Å². The molecule has 0 amide bonds. The SMILES string of the molecule is CC1(C)CC[C@]23CC[C@]4(C)[C@H](CC[C@H]5[C@@]6(C)CCC(=O)C(C)(C)[C@@H]6CC[C@]54C)[C@H]2[C@@H]1OC3. The molecular formula is C30H48O2. The van der Waals surface area contributed by atoms with E-state index in [0.717, 1.165) is 37.2 Å². The first-order chi connectivity index (χ1) is 14.8. The van der Waals surface area contributed by atoms with Crippen LogP contribution in [0.3, 0.4) is 0 Å². The van der Waals surface area contributed by atoms with E-state index in [1.165, 1.54) is 51.4 Å². The lowest BCUT2D eigenvalue weighted by Gasteiger charge is -2.72. The van der Waals surface area contributed by atoms with Crippen molar-refractivity contribution in [1.29, 1.82) is 0 Å². The van der Waals surface area contributed by atoms with Crippen LogP contribution in [0.1, 0.15) is 113 Å². The Labute approximate surface area is 197 Å². The van der Waals surface area contributed by atoms with Gasteiger partial charge in [-0.25, -0.2) is 0 Å². The molecule has 0 unspecified atom stereocenters. The lowest BCUT2D eigenvalue weighted by Crippen LogP contribution is -2.67. The third-order valence-corrected chi connectivity index (χ3v) is 13.9. The van der Waals surface area contributed by atoms with Crippen LogP contribution in [0.15, 0.2) is 0 Å². The van der Waals surface area contributed by atoms with E-state index >= 15 is 0 Å². The van der Waals surface area contributed by atoms with Gasteiger partial charge in [-0.05, 0) is 109 Å². The van der Waals surface area contributed by atoms with E-state index < -0.39 is 0 Å². The quantitative estimate of drug-likeness (QED) is 0.391. The number of rotatable bonds is 0. The van der Waals surface area contributed by atoms with Gasteiger partial charge < -0.3 is 4.74 Å². The first-order valence-electron chi connectivity index (χ1n) is 14.0. The molecule has 1 heterocycles. The molecule has 2 heteroatoms. The Morgan fingerprint density at radius 2 is 1.47 bits per heavy atom. The third kappa shape index (κ3) is 2.35. The van der Waals surface area contributed by atoms with E-state index in [9.17, 15) is 4.79 Å². The van der Waals surface area contributed by atoms with Crippen LogP contribution in [-0.2, 0) is 9.53 Å². The Morgan fingerprint density at radius 3 is 2.22 bits per heavy atom. The number of hydrogen-bond acceptors (Lipinski definition) is 2. The number of hydrogen-bond donors (Lipinski definition) is 0. The molecule has 1 aliphatic heterocycles. The molecule has 6 aliphatic rings. The van der Waals surface area contributed by atoms with Crippen LogP contribution in [0, 0.1) is 56.2 Å². The van der Waals surface area contributed by atoms with Gasteiger partial charge in [0.15, 0.2) is 0 Å². The zero-order chi connectivity index (χ0) is 22.9. The fourth-order valence-corrected chi connectivity index (χ4v) is 11.8. The molecule has 5 saturated carbocycles. The minimum atomic E-state index is -0.136. The van der Waals surface area contributed by atoms with Crippen molar-refractivity contribution in [1.82, 2.24) is 0 Å². The fraction of sp³-hybridized carbons (Fsp3) is 0.967. The van der Waals surface area contributed by atoms with Crippen molar-refractivity contribution in [3.05, 3.63) is 0 Å². The highest BCUT2D eigenvalue weighted by molar-refractivity contribution is 5.85. The van der Waals surface area contributed by atoms with Gasteiger partial charge in [0.2, 0.25) is 0 Å². The number of carbonyl (C=O) groups excluding carboxylic acids is 1. The standard InChI is InChI=1S/C30H48O2/c1-25(2)14-16-30-17-15-28(6)19(23(30)24(25)32-18-30)8-9-21-27(5)12-11-22(31)26(3,4)20(27)10-13-29(21,28)7/h19-21,23-24H,8-18H2,1-7H3/t19-,20+,21+,23+,24+,27+,28-,29-,30-/m1/s1. The summed E-state index contributed by atoms with van der Waals surface area (Å²) in [7, 11) is 0. The van der Waals surface area contributed by atoms with Crippen molar-refractivity contribution in [2.45, 2.75) is 119 Å². The van der Waals surface area contributed by atoms with Crippen LogP contribution < -0.4 is 0 Å². The highest BCUT2D eigenvalue weighted by Crippen LogP contribution is 2.77. The average molecular weight is 441 g/mol. The van der Waals surface area contributed by atoms with Crippen molar-refractivity contribution in [3.8, 4) is 0 Å². The van der Waals surface area contributed by atoms with Crippen molar-refractivity contribution < 1.29 is 9.53 Å². The van der Waals surface area contributed by atoms with Gasteiger partial charge in [0.1, 0.15) is 5.78 Å². The molecule has 5 aliphatic carbocycles. The number of carbonyl (C=O) groups is 1. The summed E-state index contributed by atoms with van der Waals surface area (Å²) in [5.41, 5.74) is 1.83. The lowest BCUT2D eigenvalue weighted by molar-refractivity contribution is -0.239. The molecule has 2 bridgehead atoms. The van der Waals surface area contributed by atoms with Gasteiger partial charge in [-0.1, -0.05) is 48.5 Å². The largest absolute Gasteiger partial charge is 0.377 e. The van der Waals surface area contributed by atoms with Crippen molar-refractivity contribution >= 4 is 5.78 Å². The van der Waals surface area contributed by atoms with E-state index in [4.69, 9.17) is 4.74 Å². The van der Waals surface area contributed by atoms with Gasteiger partial charge in [-0.3, -0.25) is 4.79 Å². The predicted molar refractivity (Wildman–Crippen MR) is 129 cm³/mol. The Balaban J connectivity index is 1.40. The highest BCUT2D eigenvalue weighted by atomic mass is 16.5. The van der Waals surface area contributed by atoms with E-state index in [2.05, 4.69) is 48.5 Å². The molecule has 2 nitrogen and oxygen atoms in total. The van der Waals surface area contributed by atoms with Crippen LogP contribution in [0.5, 0.6) is 0 Å². The number of ketones is 1. The molecule has 9 atom stereocenters. The monoisotopic (exact) mass is 440 g/mol. The van der Waals surface area contributed by atoms with Gasteiger partial charge in [0.25, 0.3) is 0 Å². The summed E-state index contributed by atoms with van der Waals surface area (Å²) in [5, 5.41) is 0. The predicted octanol–water partition coefficient (Wildman–Crippen LogP) is 7.45. The molecule has 0 radical (unpaired) electrons. The number of Topliss-reactive ketones (excluding diaryl/α,β-unsaturated/α-hetero) is 1. The van der Waals surface area contributed by atoms with Gasteiger partial charge in [0, 0.05) is 11.8 Å². The Kier molecular flexibility index (Phi) is 4.31. The maximum Gasteiger partial charge on any atom is 0.138 e. The summed E-state index contributed by atoms with van der Waals surface area (Å²) in [5.74, 6) is 3.46. The molecule has 0 aromatic heterocycles. The van der Waals surface area contributed by atoms with Crippen LogP contribution in [-0.4, -0.2) is 18.5 Å². The minimum Gasteiger partial charge on any atom is -0.377 e. The van der Waals surface area contributed by atoms with Crippen LogP contribution in [0.4, 0.5) is 0 Å². The van der Waals surface area contributed by atoms with E-state index in [-0.39, 0.29) is 5.41 Å². The first-order valence-corrected chi connectivity index (χ1v) is 14.0. The molecule has 6 fully saturated rings. The van der Waals surface area contributed by atoms with E-state index in [0.29, 0.717) is 44.9 Å². The lowest BCUT2D eigenvalue weighted by atomic mass is 9.31. The van der Waals surface area contributed by atoms with Crippen molar-refractivity contribution in [2.24, 2.45) is 56.2 Å². The number of fused-ring (bicyclic) bond motifs is 5. The van der Waals surface area contributed by atoms with E-state index in [1.54, 1.807) is 0 Å². The smallest absolute Gasteiger partial charge is 0.138 e. The molecule has 180 valence electrons. The molecule has 0 aromatic carbocycles. The molecular weight excluding hydrogens is 392 g/mol. The minimum absolute atomic E-state index is 0.136. The first kappa shape index (κ1) is 22.1. The fourth-order valence-electron chi connectivity index (χ4n) is 11.8. The maximum absolute atomic E-state index is 12.9. The second-order valence-corrected chi connectivity index (χ2v) is 15.4. The molecule has 1 saturated heterocycles. The van der Waals surface area contributed by atoms with Crippen LogP contribution in [0.25, 0.3) is 0 Å². The summed E-state index contributed by atoms with van der Waals surface area (Å²) >= 11 is 0. The van der Waals surface area contributed by atoms with Gasteiger partial charge in [-0.2, -0.15) is 0 Å². The van der Waals surface area contributed by atoms with Crippen molar-refractivity contribution in [2.75, 3.05) is 6.61 Å². The zero-order valence-electron chi connectivity index (χ0n) is 22.0. The summed E-state index contributed by atoms with van der Waals surface area (Å²) < 4.78 is 6.70. The Hall–Kier alpha value is -0.370. The maximum atomic E-state index is 12.9. The molecule has 0 spiro atoms.